The lowest BCUT2D eigenvalue weighted by Crippen LogP contribution is -2.20. The summed E-state index contributed by atoms with van der Waals surface area (Å²) in [6.45, 7) is 3.22. The molecule has 2 aromatic rings. The van der Waals surface area contributed by atoms with Crippen molar-refractivity contribution in [2.45, 2.75) is 32.7 Å². The van der Waals surface area contributed by atoms with Crippen LogP contribution in [0.3, 0.4) is 0 Å². The maximum absolute atomic E-state index is 13.2. The maximum Gasteiger partial charge on any atom is 0.137 e. The minimum absolute atomic E-state index is 0.195. The zero-order valence-corrected chi connectivity index (χ0v) is 10.4. The molecule has 0 N–H and O–H groups in total. The highest BCUT2D eigenvalue weighted by atomic mass is 19.1. The van der Waals surface area contributed by atoms with Crippen LogP contribution in [0.5, 0.6) is 0 Å². The van der Waals surface area contributed by atoms with Crippen molar-refractivity contribution in [3.63, 3.8) is 0 Å². The highest BCUT2D eigenvalue weighted by molar-refractivity contribution is 5.20. The fourth-order valence-electron chi connectivity index (χ4n) is 2.51. The van der Waals surface area contributed by atoms with Crippen LogP contribution < -0.4 is 0 Å². The minimum Gasteiger partial charge on any atom is -0.314 e. The van der Waals surface area contributed by atoms with Crippen molar-refractivity contribution < 1.29 is 4.39 Å². The maximum atomic E-state index is 13.2. The third-order valence-electron chi connectivity index (χ3n) is 3.51. The van der Waals surface area contributed by atoms with Gasteiger partial charge < -0.3 is 4.57 Å². The molecule has 1 aliphatic heterocycles. The van der Waals surface area contributed by atoms with Gasteiger partial charge >= 0.3 is 0 Å². The van der Waals surface area contributed by atoms with E-state index in [-0.39, 0.29) is 5.82 Å². The molecule has 2 heterocycles. The Bertz CT molecular complexity index is 562. The number of halogens is 1. The Morgan fingerprint density at radius 3 is 3.11 bits per heavy atom. The minimum atomic E-state index is -0.195. The van der Waals surface area contributed by atoms with Crippen molar-refractivity contribution in [1.82, 2.24) is 14.8 Å². The summed E-state index contributed by atoms with van der Waals surface area (Å²) in [7, 11) is 0. The van der Waals surface area contributed by atoms with Gasteiger partial charge in [-0.15, -0.1) is 10.2 Å². The summed E-state index contributed by atoms with van der Waals surface area (Å²) < 4.78 is 15.3. The van der Waals surface area contributed by atoms with Crippen molar-refractivity contribution in [2.75, 3.05) is 0 Å². The molecule has 18 heavy (non-hydrogen) atoms. The molecule has 1 aromatic heterocycles. The fourth-order valence-corrected chi connectivity index (χ4v) is 2.51. The third-order valence-corrected chi connectivity index (χ3v) is 3.51. The lowest BCUT2D eigenvalue weighted by Gasteiger charge is -2.20. The molecule has 0 saturated heterocycles. The van der Waals surface area contributed by atoms with E-state index >= 15 is 0 Å². The van der Waals surface area contributed by atoms with E-state index < -0.39 is 0 Å². The number of nitrogens with zero attached hydrogens (tertiary/aromatic N) is 3. The van der Waals surface area contributed by atoms with Crippen LogP contribution in [0.4, 0.5) is 4.39 Å². The first-order valence-electron chi connectivity index (χ1n) is 6.38. The highest BCUT2D eigenvalue weighted by Gasteiger charge is 2.20. The van der Waals surface area contributed by atoms with Crippen molar-refractivity contribution in [2.24, 2.45) is 5.92 Å². The molecule has 1 atom stereocenters. The average Bonchev–Trinajstić information content (AvgIpc) is 2.72. The Hall–Kier alpha value is -1.71. The number of rotatable bonds is 2. The Kier molecular flexibility index (Phi) is 2.86. The molecule has 94 valence electrons. The van der Waals surface area contributed by atoms with Crippen LogP contribution in [-0.4, -0.2) is 14.8 Å². The van der Waals surface area contributed by atoms with Crippen molar-refractivity contribution in [1.29, 1.82) is 0 Å². The van der Waals surface area contributed by atoms with Gasteiger partial charge in [-0.05, 0) is 30.0 Å². The summed E-state index contributed by atoms with van der Waals surface area (Å²) in [6.07, 6.45) is 2.83. The number of hydrogen-bond acceptors (Lipinski definition) is 2. The van der Waals surface area contributed by atoms with Crippen molar-refractivity contribution in [3.8, 4) is 0 Å². The molecule has 4 heteroatoms. The predicted molar refractivity (Wildman–Crippen MR) is 66.7 cm³/mol. The third kappa shape index (κ3) is 2.15. The fraction of sp³-hybridized carbons (Fsp3) is 0.429. The monoisotopic (exact) mass is 245 g/mol. The molecule has 0 fully saturated rings. The molecule has 0 saturated carbocycles. The van der Waals surface area contributed by atoms with Gasteiger partial charge in [-0.3, -0.25) is 0 Å². The number of benzene rings is 1. The van der Waals surface area contributed by atoms with Crippen LogP contribution in [0.1, 0.15) is 30.6 Å². The van der Waals surface area contributed by atoms with Gasteiger partial charge in [0.2, 0.25) is 0 Å². The zero-order valence-electron chi connectivity index (χ0n) is 10.4. The van der Waals surface area contributed by atoms with Crippen LogP contribution in [0.2, 0.25) is 0 Å². The van der Waals surface area contributed by atoms with E-state index in [9.17, 15) is 4.39 Å². The summed E-state index contributed by atoms with van der Waals surface area (Å²) in [5, 5.41) is 8.48. The first-order chi connectivity index (χ1) is 8.72. The van der Waals surface area contributed by atoms with E-state index in [1.807, 2.05) is 6.07 Å². The first-order valence-corrected chi connectivity index (χ1v) is 6.38. The van der Waals surface area contributed by atoms with E-state index in [1.165, 1.54) is 12.5 Å². The molecule has 0 bridgehead atoms. The Morgan fingerprint density at radius 1 is 1.39 bits per heavy atom. The molecular formula is C14H16FN3. The molecule has 0 spiro atoms. The lowest BCUT2D eigenvalue weighted by molar-refractivity contribution is 0.387. The quantitative estimate of drug-likeness (QED) is 0.814. The number of aryl methyl sites for hydroxylation is 1. The second kappa shape index (κ2) is 4.52. The van der Waals surface area contributed by atoms with E-state index in [0.717, 1.165) is 30.2 Å². The second-order valence-corrected chi connectivity index (χ2v) is 5.09. The van der Waals surface area contributed by atoms with Crippen LogP contribution in [-0.2, 0) is 19.4 Å². The van der Waals surface area contributed by atoms with Crippen LogP contribution in [0.15, 0.2) is 24.3 Å². The topological polar surface area (TPSA) is 30.7 Å². The van der Waals surface area contributed by atoms with Crippen LogP contribution in [0.25, 0.3) is 0 Å². The summed E-state index contributed by atoms with van der Waals surface area (Å²) in [6, 6.07) is 6.69. The van der Waals surface area contributed by atoms with Gasteiger partial charge in [-0.2, -0.15) is 0 Å². The molecule has 3 nitrogen and oxygen atoms in total. The average molecular weight is 245 g/mol. The summed E-state index contributed by atoms with van der Waals surface area (Å²) >= 11 is 0. The van der Waals surface area contributed by atoms with Gasteiger partial charge in [0.05, 0.1) is 0 Å². The van der Waals surface area contributed by atoms with Crippen molar-refractivity contribution in [3.05, 3.63) is 47.3 Å². The molecule has 0 radical (unpaired) electrons. The summed E-state index contributed by atoms with van der Waals surface area (Å²) in [4.78, 5) is 0. The van der Waals surface area contributed by atoms with Crippen LogP contribution in [0, 0.1) is 11.7 Å². The Balaban J connectivity index is 1.87. The van der Waals surface area contributed by atoms with E-state index in [0.29, 0.717) is 12.3 Å². The first kappa shape index (κ1) is 11.4. The number of aromatic nitrogens is 3. The van der Waals surface area contributed by atoms with Gasteiger partial charge in [-0.25, -0.2) is 4.39 Å². The largest absolute Gasteiger partial charge is 0.314 e. The molecular weight excluding hydrogens is 229 g/mol. The molecule has 1 aliphatic rings. The Labute approximate surface area is 106 Å². The predicted octanol–water partition coefficient (Wildman–Crippen LogP) is 2.59. The number of hydrogen-bond donors (Lipinski definition) is 0. The van der Waals surface area contributed by atoms with Gasteiger partial charge in [-0.1, -0.05) is 19.1 Å². The zero-order chi connectivity index (χ0) is 12.5. The standard InChI is InChI=1S/C14H16FN3/c1-10-5-6-13-16-17-14(18(13)9-10)8-11-3-2-4-12(15)7-11/h2-4,7,10H,5-6,8-9H2,1H3. The van der Waals surface area contributed by atoms with Gasteiger partial charge in [0.1, 0.15) is 17.5 Å². The molecule has 3 rings (SSSR count). The summed E-state index contributed by atoms with van der Waals surface area (Å²) in [5.74, 6) is 2.49. The van der Waals surface area contributed by atoms with Crippen LogP contribution >= 0.6 is 0 Å². The van der Waals surface area contributed by atoms with Crippen molar-refractivity contribution >= 4 is 0 Å². The van der Waals surface area contributed by atoms with Gasteiger partial charge in [0.25, 0.3) is 0 Å². The highest BCUT2D eigenvalue weighted by Crippen LogP contribution is 2.20. The summed E-state index contributed by atoms with van der Waals surface area (Å²) in [5.41, 5.74) is 0.948. The second-order valence-electron chi connectivity index (χ2n) is 5.09. The Morgan fingerprint density at radius 2 is 2.28 bits per heavy atom. The van der Waals surface area contributed by atoms with E-state index in [1.54, 1.807) is 12.1 Å². The van der Waals surface area contributed by atoms with Gasteiger partial charge in [0, 0.05) is 19.4 Å². The SMILES string of the molecule is CC1CCc2nnc(Cc3cccc(F)c3)n2C1. The normalized spacial score (nSPS) is 18.7. The van der Waals surface area contributed by atoms with Gasteiger partial charge in [0.15, 0.2) is 0 Å². The molecule has 0 aliphatic carbocycles. The van der Waals surface area contributed by atoms with E-state index in [4.69, 9.17) is 0 Å². The molecule has 0 amide bonds. The van der Waals surface area contributed by atoms with E-state index in [2.05, 4.69) is 21.7 Å². The smallest absolute Gasteiger partial charge is 0.137 e. The molecule has 1 aromatic carbocycles. The lowest BCUT2D eigenvalue weighted by atomic mass is 10.0. The number of fused-ring (bicyclic) bond motifs is 1. The molecule has 1 unspecified atom stereocenters.